The van der Waals surface area contributed by atoms with Crippen LogP contribution in [-0.2, 0) is 17.6 Å². The maximum Gasteiger partial charge on any atom is 0.274 e. The lowest BCUT2D eigenvalue weighted by Crippen LogP contribution is -2.27. The van der Waals surface area contributed by atoms with Crippen LogP contribution in [0.2, 0.25) is 0 Å². The summed E-state index contributed by atoms with van der Waals surface area (Å²) < 4.78 is 11.7. The van der Waals surface area contributed by atoms with Crippen molar-refractivity contribution in [2.24, 2.45) is 0 Å². The molecule has 9 nitrogen and oxygen atoms in total. The number of hydrogen-bond acceptors (Lipinski definition) is 6. The van der Waals surface area contributed by atoms with Gasteiger partial charge in [-0.05, 0) is 31.0 Å². The fourth-order valence-electron chi connectivity index (χ4n) is 2.71. The van der Waals surface area contributed by atoms with Crippen LogP contribution in [0.5, 0.6) is 11.5 Å². The van der Waals surface area contributed by atoms with Crippen LogP contribution in [0.4, 0.5) is 0 Å². The molecule has 3 rings (SSSR count). The predicted molar refractivity (Wildman–Crippen MR) is 98.3 cm³/mol. The normalized spacial score (nSPS) is 10.8. The molecule has 0 saturated heterocycles. The minimum atomic E-state index is -0.259. The molecule has 0 unspecified atom stereocenters. The van der Waals surface area contributed by atoms with Gasteiger partial charge in [0.15, 0.2) is 11.5 Å². The summed E-state index contributed by atoms with van der Waals surface area (Å²) in [5.41, 5.74) is 1.34. The number of carbonyl (C=O) groups excluding carboxylic acids is 1. The Kier molecular flexibility index (Phi) is 5.39. The molecule has 27 heavy (non-hydrogen) atoms. The second-order valence-corrected chi connectivity index (χ2v) is 6.01. The van der Waals surface area contributed by atoms with Crippen LogP contribution >= 0.6 is 0 Å². The fraction of sp³-hybridized carbons (Fsp3) is 0.333. The standard InChI is InChI=1S/C18H21N5O4/c1-11-8-17(25)23-18(20-11)21-15(22-23)10-16(24)19-7-6-12-4-5-13(26-2)14(9-12)27-3/h4-5,8-9H,6-7,10H2,1-3H3,(H,19,24)(H,20,21,22). The molecule has 0 saturated carbocycles. The third-order valence-corrected chi connectivity index (χ3v) is 4.02. The van der Waals surface area contributed by atoms with Crippen LogP contribution < -0.4 is 20.3 Å². The van der Waals surface area contributed by atoms with E-state index < -0.39 is 0 Å². The van der Waals surface area contributed by atoms with E-state index in [2.05, 4.69) is 20.4 Å². The van der Waals surface area contributed by atoms with Gasteiger partial charge in [-0.1, -0.05) is 6.07 Å². The van der Waals surface area contributed by atoms with Gasteiger partial charge in [0.1, 0.15) is 5.82 Å². The van der Waals surface area contributed by atoms with Gasteiger partial charge in [-0.2, -0.15) is 9.50 Å². The summed E-state index contributed by atoms with van der Waals surface area (Å²) in [6.45, 7) is 2.18. The molecule has 0 spiro atoms. The first-order valence-electron chi connectivity index (χ1n) is 8.43. The molecular formula is C18H21N5O4. The Balaban J connectivity index is 1.57. The highest BCUT2D eigenvalue weighted by molar-refractivity contribution is 5.77. The van der Waals surface area contributed by atoms with E-state index >= 15 is 0 Å². The molecule has 0 atom stereocenters. The smallest absolute Gasteiger partial charge is 0.274 e. The summed E-state index contributed by atoms with van der Waals surface area (Å²) in [5.74, 6) is 1.76. The Labute approximate surface area is 155 Å². The number of benzene rings is 1. The Morgan fingerprint density at radius 3 is 2.70 bits per heavy atom. The molecule has 142 valence electrons. The number of fused-ring (bicyclic) bond motifs is 1. The molecule has 2 aromatic heterocycles. The van der Waals surface area contributed by atoms with Crippen molar-refractivity contribution in [1.29, 1.82) is 0 Å². The van der Waals surface area contributed by atoms with E-state index in [0.29, 0.717) is 36.0 Å². The number of nitrogens with zero attached hydrogens (tertiary/aromatic N) is 3. The first-order chi connectivity index (χ1) is 13.0. The zero-order valence-corrected chi connectivity index (χ0v) is 15.4. The Bertz CT molecular complexity index is 1020. The SMILES string of the molecule is COc1ccc(CCNC(=O)Cc2nc3nc(C)cc(=O)n3[nH]2)cc1OC. The molecular weight excluding hydrogens is 350 g/mol. The summed E-state index contributed by atoms with van der Waals surface area (Å²) in [4.78, 5) is 32.3. The number of methoxy groups -OCH3 is 2. The molecule has 0 aliphatic rings. The molecule has 2 heterocycles. The zero-order chi connectivity index (χ0) is 19.4. The third-order valence-electron chi connectivity index (χ3n) is 4.02. The second kappa shape index (κ2) is 7.90. The second-order valence-electron chi connectivity index (χ2n) is 6.01. The summed E-state index contributed by atoms with van der Waals surface area (Å²) in [6, 6.07) is 7.03. The van der Waals surface area contributed by atoms with Crippen LogP contribution in [-0.4, -0.2) is 46.3 Å². The van der Waals surface area contributed by atoms with Crippen molar-refractivity contribution in [2.45, 2.75) is 19.8 Å². The van der Waals surface area contributed by atoms with Crippen molar-refractivity contribution in [1.82, 2.24) is 24.9 Å². The van der Waals surface area contributed by atoms with E-state index in [1.807, 2.05) is 18.2 Å². The molecule has 0 fully saturated rings. The van der Waals surface area contributed by atoms with E-state index in [1.54, 1.807) is 21.1 Å². The van der Waals surface area contributed by atoms with Gasteiger partial charge in [0.05, 0.1) is 20.6 Å². The van der Waals surface area contributed by atoms with Crippen molar-refractivity contribution >= 4 is 11.7 Å². The first kappa shape index (κ1) is 18.4. The summed E-state index contributed by atoms with van der Waals surface area (Å²) in [7, 11) is 3.17. The quantitative estimate of drug-likeness (QED) is 0.631. The van der Waals surface area contributed by atoms with Gasteiger partial charge < -0.3 is 14.8 Å². The van der Waals surface area contributed by atoms with Crippen molar-refractivity contribution in [3.8, 4) is 11.5 Å². The number of carbonyl (C=O) groups is 1. The third kappa shape index (κ3) is 4.25. The molecule has 0 bridgehead atoms. The minimum absolute atomic E-state index is 0.0355. The Morgan fingerprint density at radius 2 is 1.96 bits per heavy atom. The van der Waals surface area contributed by atoms with E-state index in [4.69, 9.17) is 9.47 Å². The van der Waals surface area contributed by atoms with Crippen molar-refractivity contribution in [3.63, 3.8) is 0 Å². The number of nitrogens with one attached hydrogen (secondary N) is 2. The Hall–Kier alpha value is -3.36. The maximum atomic E-state index is 12.1. The fourth-order valence-corrected chi connectivity index (χ4v) is 2.71. The lowest BCUT2D eigenvalue weighted by Gasteiger charge is -2.10. The Morgan fingerprint density at radius 1 is 1.19 bits per heavy atom. The number of amides is 1. The number of aromatic nitrogens is 4. The molecule has 0 aliphatic carbocycles. The zero-order valence-electron chi connectivity index (χ0n) is 15.4. The topological polar surface area (TPSA) is 111 Å². The molecule has 0 aliphatic heterocycles. The number of ether oxygens (including phenoxy) is 2. The minimum Gasteiger partial charge on any atom is -0.493 e. The lowest BCUT2D eigenvalue weighted by atomic mass is 10.1. The van der Waals surface area contributed by atoms with Crippen LogP contribution in [0.3, 0.4) is 0 Å². The predicted octanol–water partition coefficient (Wildman–Crippen LogP) is 0.645. The van der Waals surface area contributed by atoms with Gasteiger partial charge in [0, 0.05) is 18.3 Å². The van der Waals surface area contributed by atoms with E-state index in [9.17, 15) is 9.59 Å². The average molecular weight is 371 g/mol. The van der Waals surface area contributed by atoms with Crippen molar-refractivity contribution in [3.05, 3.63) is 51.7 Å². The van der Waals surface area contributed by atoms with Crippen molar-refractivity contribution < 1.29 is 14.3 Å². The highest BCUT2D eigenvalue weighted by atomic mass is 16.5. The monoisotopic (exact) mass is 371 g/mol. The largest absolute Gasteiger partial charge is 0.493 e. The summed E-state index contributed by atoms with van der Waals surface area (Å²) in [5, 5.41) is 5.63. The average Bonchev–Trinajstić information content (AvgIpc) is 3.04. The number of hydrogen-bond donors (Lipinski definition) is 2. The number of rotatable bonds is 7. The highest BCUT2D eigenvalue weighted by Crippen LogP contribution is 2.27. The molecule has 2 N–H and O–H groups in total. The summed E-state index contributed by atoms with van der Waals surface area (Å²) >= 11 is 0. The number of H-pyrrole nitrogens is 1. The van der Waals surface area contributed by atoms with Gasteiger partial charge in [-0.25, -0.2) is 4.98 Å². The van der Waals surface area contributed by atoms with Gasteiger partial charge in [-0.15, -0.1) is 0 Å². The maximum absolute atomic E-state index is 12.1. The molecule has 0 radical (unpaired) electrons. The highest BCUT2D eigenvalue weighted by Gasteiger charge is 2.11. The molecule has 1 aromatic carbocycles. The van der Waals surface area contributed by atoms with Crippen LogP contribution in [0.1, 0.15) is 17.1 Å². The van der Waals surface area contributed by atoms with Crippen molar-refractivity contribution in [2.75, 3.05) is 20.8 Å². The van der Waals surface area contributed by atoms with Gasteiger partial charge in [0.2, 0.25) is 5.91 Å². The van der Waals surface area contributed by atoms with Gasteiger partial charge in [0.25, 0.3) is 11.3 Å². The van der Waals surface area contributed by atoms with Gasteiger partial charge in [-0.3, -0.25) is 14.7 Å². The molecule has 9 heteroatoms. The lowest BCUT2D eigenvalue weighted by molar-refractivity contribution is -0.120. The van der Waals surface area contributed by atoms with Crippen LogP contribution in [0.25, 0.3) is 5.78 Å². The summed E-state index contributed by atoms with van der Waals surface area (Å²) in [6.07, 6.45) is 0.681. The van der Waals surface area contributed by atoms with Crippen LogP contribution in [0.15, 0.2) is 29.1 Å². The van der Waals surface area contributed by atoms with E-state index in [-0.39, 0.29) is 23.7 Å². The molecule has 1 amide bonds. The first-order valence-corrected chi connectivity index (χ1v) is 8.43. The van der Waals surface area contributed by atoms with E-state index in [1.165, 1.54) is 10.6 Å². The molecule has 3 aromatic rings. The van der Waals surface area contributed by atoms with Gasteiger partial charge >= 0.3 is 0 Å². The van der Waals surface area contributed by atoms with Crippen LogP contribution in [0, 0.1) is 6.92 Å². The number of aryl methyl sites for hydroxylation is 1. The number of aromatic amines is 1. The van der Waals surface area contributed by atoms with E-state index in [0.717, 1.165) is 5.56 Å².